The van der Waals surface area contributed by atoms with Gasteiger partial charge in [-0.2, -0.15) is 0 Å². The zero-order chi connectivity index (χ0) is 21.8. The fourth-order valence-electron chi connectivity index (χ4n) is 3.68. The van der Waals surface area contributed by atoms with Gasteiger partial charge in [0.15, 0.2) is 15.0 Å². The molecule has 3 aromatic rings. The van der Waals surface area contributed by atoms with Gasteiger partial charge >= 0.3 is 0 Å². The molecule has 0 radical (unpaired) electrons. The van der Waals surface area contributed by atoms with E-state index < -0.39 is 9.84 Å². The second-order valence-corrected chi connectivity index (χ2v) is 12.6. The van der Waals surface area contributed by atoms with Gasteiger partial charge in [0.2, 0.25) is 5.91 Å². The largest absolute Gasteiger partial charge is 0.338 e. The van der Waals surface area contributed by atoms with Crippen molar-refractivity contribution in [1.29, 1.82) is 0 Å². The van der Waals surface area contributed by atoms with Crippen molar-refractivity contribution in [2.24, 2.45) is 0 Å². The summed E-state index contributed by atoms with van der Waals surface area (Å²) in [6, 6.07) is 7.91. The van der Waals surface area contributed by atoms with Gasteiger partial charge in [-0.3, -0.25) is 4.79 Å². The second kappa shape index (κ2) is 9.89. The fourth-order valence-corrected chi connectivity index (χ4v) is 7.62. The Labute approximate surface area is 195 Å². The number of imidazole rings is 1. The Morgan fingerprint density at radius 1 is 1.26 bits per heavy atom. The fraction of sp³-hybridized carbons (Fsp3) is 0.429. The second-order valence-electron chi connectivity index (χ2n) is 7.51. The molecule has 1 aliphatic heterocycles. The summed E-state index contributed by atoms with van der Waals surface area (Å²) >= 11 is 4.66. The molecule has 1 amide bonds. The SMILES string of the molecule is CCCCN(C(=O)CSc1nc(-c2cccs2)c(-c2cccs2)[nH]1)C1CCS(=O)(=O)C1. The van der Waals surface area contributed by atoms with Gasteiger partial charge in [-0.1, -0.05) is 37.2 Å². The van der Waals surface area contributed by atoms with Crippen LogP contribution in [0.3, 0.4) is 0 Å². The third-order valence-corrected chi connectivity index (χ3v) is 9.63. The van der Waals surface area contributed by atoms with Crippen molar-refractivity contribution in [2.75, 3.05) is 23.8 Å². The Bertz CT molecular complexity index is 1050. The van der Waals surface area contributed by atoms with Crippen molar-refractivity contribution >= 4 is 50.2 Å². The summed E-state index contributed by atoms with van der Waals surface area (Å²) < 4.78 is 23.9. The topological polar surface area (TPSA) is 83.1 Å². The molecule has 31 heavy (non-hydrogen) atoms. The summed E-state index contributed by atoms with van der Waals surface area (Å²) in [5, 5.41) is 4.76. The van der Waals surface area contributed by atoms with Crippen LogP contribution in [0.2, 0.25) is 0 Å². The summed E-state index contributed by atoms with van der Waals surface area (Å²) in [6.07, 6.45) is 2.37. The molecule has 4 heterocycles. The number of thiophene rings is 2. The van der Waals surface area contributed by atoms with Gasteiger partial charge in [0.05, 0.1) is 32.7 Å². The normalized spacial score (nSPS) is 17.8. The molecule has 0 aliphatic carbocycles. The zero-order valence-corrected chi connectivity index (χ0v) is 20.5. The molecule has 0 aromatic carbocycles. The van der Waals surface area contributed by atoms with Crippen LogP contribution in [0.15, 0.2) is 40.2 Å². The maximum absolute atomic E-state index is 13.0. The molecule has 1 atom stereocenters. The number of sulfone groups is 1. The molecule has 10 heteroatoms. The quantitative estimate of drug-likeness (QED) is 0.432. The van der Waals surface area contributed by atoms with Gasteiger partial charge in [-0.15, -0.1) is 22.7 Å². The molecule has 1 unspecified atom stereocenters. The van der Waals surface area contributed by atoms with Crippen LogP contribution in [-0.2, 0) is 14.6 Å². The third-order valence-electron chi connectivity index (χ3n) is 5.26. The number of rotatable bonds is 9. The summed E-state index contributed by atoms with van der Waals surface area (Å²) in [4.78, 5) is 25.2. The minimum Gasteiger partial charge on any atom is -0.338 e. The Morgan fingerprint density at radius 3 is 2.61 bits per heavy atom. The van der Waals surface area contributed by atoms with E-state index in [-0.39, 0.29) is 29.2 Å². The van der Waals surface area contributed by atoms with E-state index in [1.54, 1.807) is 27.6 Å². The molecule has 1 aliphatic rings. The molecular formula is C21H25N3O3S4. The van der Waals surface area contributed by atoms with Crippen LogP contribution in [0.25, 0.3) is 21.1 Å². The molecule has 1 saturated heterocycles. The number of amides is 1. The number of carbonyl (C=O) groups is 1. The van der Waals surface area contributed by atoms with Gasteiger partial charge in [-0.05, 0) is 35.7 Å². The molecule has 166 valence electrons. The lowest BCUT2D eigenvalue weighted by atomic mass is 10.2. The van der Waals surface area contributed by atoms with E-state index >= 15 is 0 Å². The highest BCUT2D eigenvalue weighted by Gasteiger charge is 2.34. The van der Waals surface area contributed by atoms with Crippen LogP contribution in [0.1, 0.15) is 26.2 Å². The van der Waals surface area contributed by atoms with Crippen molar-refractivity contribution in [3.63, 3.8) is 0 Å². The first-order valence-corrected chi connectivity index (χ1v) is 14.8. The van der Waals surface area contributed by atoms with Gasteiger partial charge < -0.3 is 9.88 Å². The van der Waals surface area contributed by atoms with E-state index in [1.165, 1.54) is 11.8 Å². The Morgan fingerprint density at radius 2 is 2.00 bits per heavy atom. The lowest BCUT2D eigenvalue weighted by molar-refractivity contribution is -0.130. The van der Waals surface area contributed by atoms with Crippen LogP contribution in [0, 0.1) is 0 Å². The highest BCUT2D eigenvalue weighted by molar-refractivity contribution is 7.99. The summed E-state index contributed by atoms with van der Waals surface area (Å²) in [5.41, 5.74) is 1.87. The molecule has 0 saturated carbocycles. The number of aromatic nitrogens is 2. The number of nitrogens with zero attached hydrogens (tertiary/aromatic N) is 2. The minimum absolute atomic E-state index is 0.0210. The summed E-state index contributed by atoms with van der Waals surface area (Å²) in [7, 11) is -3.04. The Kier molecular flexibility index (Phi) is 7.20. The van der Waals surface area contributed by atoms with E-state index in [0.717, 1.165) is 34.0 Å². The van der Waals surface area contributed by atoms with Crippen molar-refractivity contribution in [3.05, 3.63) is 35.0 Å². The monoisotopic (exact) mass is 495 g/mol. The molecule has 0 spiro atoms. The number of thioether (sulfide) groups is 1. The molecular weight excluding hydrogens is 471 g/mol. The van der Waals surface area contributed by atoms with Crippen LogP contribution < -0.4 is 0 Å². The highest BCUT2D eigenvalue weighted by atomic mass is 32.2. The molecule has 1 fully saturated rings. The molecule has 1 N–H and O–H groups in total. The van der Waals surface area contributed by atoms with E-state index in [4.69, 9.17) is 4.98 Å². The van der Waals surface area contributed by atoms with Crippen molar-refractivity contribution in [2.45, 2.75) is 37.4 Å². The first-order chi connectivity index (χ1) is 15.0. The van der Waals surface area contributed by atoms with Crippen LogP contribution in [-0.4, -0.2) is 59.0 Å². The number of hydrogen-bond acceptors (Lipinski definition) is 7. The molecule has 0 bridgehead atoms. The lowest BCUT2D eigenvalue weighted by Gasteiger charge is -2.28. The third kappa shape index (κ3) is 5.42. The molecule has 4 rings (SSSR count). The van der Waals surface area contributed by atoms with Crippen molar-refractivity contribution in [1.82, 2.24) is 14.9 Å². The molecule has 3 aromatic heterocycles. The smallest absolute Gasteiger partial charge is 0.233 e. The van der Waals surface area contributed by atoms with Crippen LogP contribution in [0.4, 0.5) is 0 Å². The zero-order valence-electron chi connectivity index (χ0n) is 17.2. The summed E-state index contributed by atoms with van der Waals surface area (Å²) in [6.45, 7) is 2.68. The minimum atomic E-state index is -3.04. The van der Waals surface area contributed by atoms with Crippen LogP contribution >= 0.6 is 34.4 Å². The maximum atomic E-state index is 13.0. The van der Waals surface area contributed by atoms with E-state index in [1.807, 2.05) is 29.0 Å². The lowest BCUT2D eigenvalue weighted by Crippen LogP contribution is -2.42. The highest BCUT2D eigenvalue weighted by Crippen LogP contribution is 2.37. The Hall–Kier alpha value is -1.62. The van der Waals surface area contributed by atoms with Gasteiger partial charge in [-0.25, -0.2) is 13.4 Å². The van der Waals surface area contributed by atoms with E-state index in [2.05, 4.69) is 18.0 Å². The predicted molar refractivity (Wildman–Crippen MR) is 130 cm³/mol. The first-order valence-electron chi connectivity index (χ1n) is 10.3. The summed E-state index contributed by atoms with van der Waals surface area (Å²) in [5.74, 6) is 0.473. The first kappa shape index (κ1) is 22.6. The Balaban J connectivity index is 1.50. The average molecular weight is 496 g/mol. The van der Waals surface area contributed by atoms with Gasteiger partial charge in [0.1, 0.15) is 5.69 Å². The van der Waals surface area contributed by atoms with Crippen molar-refractivity contribution in [3.8, 4) is 21.1 Å². The van der Waals surface area contributed by atoms with E-state index in [0.29, 0.717) is 18.1 Å². The van der Waals surface area contributed by atoms with Gasteiger partial charge in [0, 0.05) is 12.6 Å². The van der Waals surface area contributed by atoms with Crippen molar-refractivity contribution < 1.29 is 13.2 Å². The number of nitrogens with one attached hydrogen (secondary N) is 1. The van der Waals surface area contributed by atoms with Gasteiger partial charge in [0.25, 0.3) is 0 Å². The molecule has 6 nitrogen and oxygen atoms in total. The number of unbranched alkanes of at least 4 members (excludes halogenated alkanes) is 1. The average Bonchev–Trinajstić information content (AvgIpc) is 3.52. The standard InChI is InChI=1S/C21H25N3O3S4/c1-2-3-9-24(15-8-12-31(26,27)14-15)18(25)13-30-21-22-19(16-6-4-10-28-16)20(23-21)17-7-5-11-29-17/h4-7,10-11,15H,2-3,8-9,12-14H2,1H3,(H,22,23). The predicted octanol–water partition coefficient (Wildman–Crippen LogP) is 4.77. The van der Waals surface area contributed by atoms with E-state index in [9.17, 15) is 13.2 Å². The maximum Gasteiger partial charge on any atom is 0.233 e. The number of carbonyl (C=O) groups excluding carboxylic acids is 1. The number of hydrogen-bond donors (Lipinski definition) is 1. The number of H-pyrrole nitrogens is 1. The number of aromatic amines is 1. The van der Waals surface area contributed by atoms with Crippen LogP contribution in [0.5, 0.6) is 0 Å².